The van der Waals surface area contributed by atoms with E-state index in [-0.39, 0.29) is 0 Å². The van der Waals surface area contributed by atoms with E-state index in [1.54, 1.807) is 0 Å². The molecule has 0 fully saturated rings. The van der Waals surface area contributed by atoms with Crippen LogP contribution >= 0.6 is 0 Å². The van der Waals surface area contributed by atoms with Gasteiger partial charge in [-0.3, -0.25) is 0 Å². The second kappa shape index (κ2) is 4.16. The minimum Gasteiger partial charge on any atom is -0.440 e. The lowest BCUT2D eigenvalue weighted by Crippen LogP contribution is -2.09. The van der Waals surface area contributed by atoms with E-state index in [1.807, 2.05) is 18.2 Å². The maximum Gasteiger partial charge on any atom is 0.198 e. The standard InChI is InChI=1S/C13H18N2O/c1-8(2)13-15-11-7-10(14-9(3)4)5-6-12(11)16-13/h5-9,14H,1-4H3. The van der Waals surface area contributed by atoms with E-state index in [1.165, 1.54) is 0 Å². The molecular formula is C13H18N2O. The summed E-state index contributed by atoms with van der Waals surface area (Å²) in [6.07, 6.45) is 0. The van der Waals surface area contributed by atoms with Crippen molar-refractivity contribution in [3.05, 3.63) is 24.1 Å². The summed E-state index contributed by atoms with van der Waals surface area (Å²) in [4.78, 5) is 4.47. The predicted molar refractivity (Wildman–Crippen MR) is 66.9 cm³/mol. The third kappa shape index (κ3) is 2.18. The van der Waals surface area contributed by atoms with Crippen molar-refractivity contribution in [3.63, 3.8) is 0 Å². The Morgan fingerprint density at radius 2 is 1.94 bits per heavy atom. The molecule has 3 heteroatoms. The van der Waals surface area contributed by atoms with Crippen LogP contribution < -0.4 is 5.32 Å². The molecule has 0 aliphatic carbocycles. The maximum atomic E-state index is 5.65. The van der Waals surface area contributed by atoms with Crippen LogP contribution in [0.2, 0.25) is 0 Å². The van der Waals surface area contributed by atoms with Gasteiger partial charge in [-0.1, -0.05) is 13.8 Å². The molecule has 16 heavy (non-hydrogen) atoms. The first-order valence-electron chi connectivity index (χ1n) is 5.73. The lowest BCUT2D eigenvalue weighted by atomic mass is 10.2. The van der Waals surface area contributed by atoms with Crippen LogP contribution in [0.25, 0.3) is 11.1 Å². The number of rotatable bonds is 3. The van der Waals surface area contributed by atoms with E-state index in [0.29, 0.717) is 12.0 Å². The molecule has 2 aromatic rings. The Balaban J connectivity index is 2.38. The van der Waals surface area contributed by atoms with Gasteiger partial charge in [0.05, 0.1) is 0 Å². The molecule has 0 saturated carbocycles. The van der Waals surface area contributed by atoms with Crippen molar-refractivity contribution in [1.29, 1.82) is 0 Å². The van der Waals surface area contributed by atoms with Crippen LogP contribution in [0.5, 0.6) is 0 Å². The molecule has 0 bridgehead atoms. The second-order valence-corrected chi connectivity index (χ2v) is 4.69. The first-order valence-corrected chi connectivity index (χ1v) is 5.73. The summed E-state index contributed by atoms with van der Waals surface area (Å²) in [5.41, 5.74) is 2.87. The Morgan fingerprint density at radius 3 is 2.56 bits per heavy atom. The first-order chi connectivity index (χ1) is 7.56. The molecule has 0 atom stereocenters. The number of aromatic nitrogens is 1. The number of oxazole rings is 1. The fourth-order valence-electron chi connectivity index (χ4n) is 1.62. The molecule has 0 unspecified atom stereocenters. The van der Waals surface area contributed by atoms with Gasteiger partial charge in [0.15, 0.2) is 11.5 Å². The fraction of sp³-hybridized carbons (Fsp3) is 0.462. The van der Waals surface area contributed by atoms with E-state index in [9.17, 15) is 0 Å². The van der Waals surface area contributed by atoms with Gasteiger partial charge in [0, 0.05) is 17.6 Å². The Bertz CT molecular complexity index is 486. The van der Waals surface area contributed by atoms with Gasteiger partial charge in [0.2, 0.25) is 0 Å². The second-order valence-electron chi connectivity index (χ2n) is 4.69. The highest BCUT2D eigenvalue weighted by molar-refractivity contribution is 5.77. The van der Waals surface area contributed by atoms with Crippen molar-refractivity contribution in [2.24, 2.45) is 0 Å². The topological polar surface area (TPSA) is 38.1 Å². The van der Waals surface area contributed by atoms with Crippen molar-refractivity contribution in [2.75, 3.05) is 5.32 Å². The van der Waals surface area contributed by atoms with Gasteiger partial charge < -0.3 is 9.73 Å². The molecule has 1 N–H and O–H groups in total. The van der Waals surface area contributed by atoms with Crippen molar-refractivity contribution in [1.82, 2.24) is 4.98 Å². The van der Waals surface area contributed by atoms with Crippen LogP contribution in [0.1, 0.15) is 39.5 Å². The van der Waals surface area contributed by atoms with E-state index >= 15 is 0 Å². The number of hydrogen-bond donors (Lipinski definition) is 1. The van der Waals surface area contributed by atoms with Crippen molar-refractivity contribution >= 4 is 16.8 Å². The molecule has 86 valence electrons. The predicted octanol–water partition coefficient (Wildman–Crippen LogP) is 3.77. The van der Waals surface area contributed by atoms with E-state index in [0.717, 1.165) is 22.7 Å². The third-order valence-electron chi connectivity index (χ3n) is 2.35. The lowest BCUT2D eigenvalue weighted by molar-refractivity contribution is 0.501. The van der Waals surface area contributed by atoms with Gasteiger partial charge in [-0.05, 0) is 32.0 Å². The zero-order chi connectivity index (χ0) is 11.7. The minimum atomic E-state index is 0.328. The van der Waals surface area contributed by atoms with E-state index < -0.39 is 0 Å². The smallest absolute Gasteiger partial charge is 0.198 e. The number of hydrogen-bond acceptors (Lipinski definition) is 3. The summed E-state index contributed by atoms with van der Waals surface area (Å²) < 4.78 is 5.65. The first kappa shape index (κ1) is 11.0. The number of anilines is 1. The van der Waals surface area contributed by atoms with Gasteiger partial charge in [-0.25, -0.2) is 4.98 Å². The van der Waals surface area contributed by atoms with Crippen LogP contribution in [-0.2, 0) is 0 Å². The summed E-state index contributed by atoms with van der Waals surface area (Å²) in [5.74, 6) is 1.13. The minimum absolute atomic E-state index is 0.328. The van der Waals surface area contributed by atoms with E-state index in [4.69, 9.17) is 4.42 Å². The normalized spacial score (nSPS) is 11.6. The summed E-state index contributed by atoms with van der Waals surface area (Å²) in [6, 6.07) is 6.45. The molecule has 1 aromatic carbocycles. The third-order valence-corrected chi connectivity index (χ3v) is 2.35. The van der Waals surface area contributed by atoms with Crippen molar-refractivity contribution in [3.8, 4) is 0 Å². The molecule has 0 radical (unpaired) electrons. The molecule has 0 aliphatic heterocycles. The molecular weight excluding hydrogens is 200 g/mol. The molecule has 0 amide bonds. The average Bonchev–Trinajstić information content (AvgIpc) is 2.59. The van der Waals surface area contributed by atoms with Crippen molar-refractivity contribution in [2.45, 2.75) is 39.7 Å². The molecule has 2 rings (SSSR count). The molecule has 1 aromatic heterocycles. The molecule has 0 saturated heterocycles. The van der Waals surface area contributed by atoms with Gasteiger partial charge in [-0.2, -0.15) is 0 Å². The Hall–Kier alpha value is -1.51. The van der Waals surface area contributed by atoms with Crippen LogP contribution in [0.15, 0.2) is 22.6 Å². The number of nitrogens with zero attached hydrogens (tertiary/aromatic N) is 1. The number of benzene rings is 1. The number of fused-ring (bicyclic) bond motifs is 1. The Morgan fingerprint density at radius 1 is 1.19 bits per heavy atom. The lowest BCUT2D eigenvalue weighted by Gasteiger charge is -2.08. The van der Waals surface area contributed by atoms with Crippen LogP contribution in [0.3, 0.4) is 0 Å². The fourth-order valence-corrected chi connectivity index (χ4v) is 1.62. The molecule has 0 aliphatic rings. The highest BCUT2D eigenvalue weighted by atomic mass is 16.3. The van der Waals surface area contributed by atoms with Gasteiger partial charge >= 0.3 is 0 Å². The van der Waals surface area contributed by atoms with Crippen LogP contribution in [-0.4, -0.2) is 11.0 Å². The Labute approximate surface area is 95.9 Å². The molecule has 3 nitrogen and oxygen atoms in total. The molecule has 0 spiro atoms. The summed E-state index contributed by atoms with van der Waals surface area (Å²) in [7, 11) is 0. The van der Waals surface area contributed by atoms with Crippen LogP contribution in [0.4, 0.5) is 5.69 Å². The quantitative estimate of drug-likeness (QED) is 0.852. The SMILES string of the molecule is CC(C)Nc1ccc2oc(C(C)C)nc2c1. The number of nitrogens with one attached hydrogen (secondary N) is 1. The summed E-state index contributed by atoms with van der Waals surface area (Å²) >= 11 is 0. The maximum absolute atomic E-state index is 5.65. The largest absolute Gasteiger partial charge is 0.440 e. The zero-order valence-corrected chi connectivity index (χ0v) is 10.2. The van der Waals surface area contributed by atoms with Crippen LogP contribution in [0, 0.1) is 0 Å². The van der Waals surface area contributed by atoms with E-state index in [2.05, 4.69) is 38.0 Å². The summed E-state index contributed by atoms with van der Waals surface area (Å²) in [5, 5.41) is 3.35. The summed E-state index contributed by atoms with van der Waals surface area (Å²) in [6.45, 7) is 8.40. The van der Waals surface area contributed by atoms with Gasteiger partial charge in [-0.15, -0.1) is 0 Å². The highest BCUT2D eigenvalue weighted by Crippen LogP contribution is 2.23. The van der Waals surface area contributed by atoms with Crippen molar-refractivity contribution < 1.29 is 4.42 Å². The van der Waals surface area contributed by atoms with Gasteiger partial charge in [0.25, 0.3) is 0 Å². The average molecular weight is 218 g/mol. The van der Waals surface area contributed by atoms with Gasteiger partial charge in [0.1, 0.15) is 5.52 Å². The monoisotopic (exact) mass is 218 g/mol. The highest BCUT2D eigenvalue weighted by Gasteiger charge is 2.09. The zero-order valence-electron chi connectivity index (χ0n) is 10.2. The Kier molecular flexibility index (Phi) is 2.86. The molecule has 1 heterocycles.